The van der Waals surface area contributed by atoms with Crippen LogP contribution in [0, 0.1) is 4.64 Å². The van der Waals surface area contributed by atoms with E-state index in [9.17, 15) is 0 Å². The third kappa shape index (κ3) is 2.05. The second-order valence-electron chi connectivity index (χ2n) is 3.01. The molecule has 0 atom stereocenters. The summed E-state index contributed by atoms with van der Waals surface area (Å²) in [6, 6.07) is 11.4. The molecule has 2 aromatic rings. The van der Waals surface area contributed by atoms with Gasteiger partial charge in [0.15, 0.2) is 0 Å². The molecule has 2 rings (SSSR count). The van der Waals surface area contributed by atoms with Gasteiger partial charge in [-0.15, -0.1) is 0 Å². The largest absolute Gasteiger partial charge is 0.496 e. The summed E-state index contributed by atoms with van der Waals surface area (Å²) in [5.74, 6) is 0.801. The first-order valence-electron chi connectivity index (χ1n) is 4.50. The van der Waals surface area contributed by atoms with Gasteiger partial charge in [-0.1, -0.05) is 24.4 Å². The lowest BCUT2D eigenvalue weighted by Gasteiger charge is -2.06. The third-order valence-electron chi connectivity index (χ3n) is 2.06. The summed E-state index contributed by atoms with van der Waals surface area (Å²) in [5.41, 5.74) is 1.77. The number of benzene rings is 1. The standard InChI is InChI=1S/C11H10N2OS/c1-14-10-5-3-2-4-8(10)9-6-7-11(15)13-12-9/h2-7H,1H3,(H,13,15). The summed E-state index contributed by atoms with van der Waals surface area (Å²) >= 11 is 4.93. The summed E-state index contributed by atoms with van der Waals surface area (Å²) in [6.07, 6.45) is 0. The third-order valence-corrected chi connectivity index (χ3v) is 2.29. The molecule has 0 aliphatic heterocycles. The molecule has 76 valence electrons. The minimum absolute atomic E-state index is 0.619. The van der Waals surface area contributed by atoms with Crippen molar-refractivity contribution in [1.82, 2.24) is 10.2 Å². The summed E-state index contributed by atoms with van der Waals surface area (Å²) in [5, 5.41) is 6.91. The topological polar surface area (TPSA) is 37.9 Å². The number of nitrogens with one attached hydrogen (secondary N) is 1. The molecule has 0 amide bonds. The molecule has 0 fully saturated rings. The maximum absolute atomic E-state index is 5.25. The minimum Gasteiger partial charge on any atom is -0.496 e. The number of aromatic amines is 1. The number of aromatic nitrogens is 2. The van der Waals surface area contributed by atoms with Gasteiger partial charge in [0, 0.05) is 5.56 Å². The monoisotopic (exact) mass is 218 g/mol. The van der Waals surface area contributed by atoms with E-state index in [0.29, 0.717) is 4.64 Å². The minimum atomic E-state index is 0.619. The number of hydrogen-bond donors (Lipinski definition) is 1. The van der Waals surface area contributed by atoms with Crippen molar-refractivity contribution in [3.63, 3.8) is 0 Å². The predicted molar refractivity (Wildman–Crippen MR) is 61.4 cm³/mol. The van der Waals surface area contributed by atoms with Crippen molar-refractivity contribution >= 4 is 12.2 Å². The van der Waals surface area contributed by atoms with Gasteiger partial charge in [0.25, 0.3) is 0 Å². The van der Waals surface area contributed by atoms with Gasteiger partial charge in [-0.2, -0.15) is 5.10 Å². The number of H-pyrrole nitrogens is 1. The van der Waals surface area contributed by atoms with Crippen LogP contribution in [0.4, 0.5) is 0 Å². The van der Waals surface area contributed by atoms with Crippen molar-refractivity contribution in [2.24, 2.45) is 0 Å². The van der Waals surface area contributed by atoms with E-state index in [1.165, 1.54) is 0 Å². The first-order valence-corrected chi connectivity index (χ1v) is 4.91. The first kappa shape index (κ1) is 9.86. The quantitative estimate of drug-likeness (QED) is 0.788. The molecule has 1 heterocycles. The Hall–Kier alpha value is -1.68. The first-order chi connectivity index (χ1) is 7.31. The molecule has 0 spiro atoms. The fourth-order valence-electron chi connectivity index (χ4n) is 1.35. The molecule has 0 aliphatic rings. The molecular formula is C11H10N2OS. The molecule has 1 N–H and O–H groups in total. The average molecular weight is 218 g/mol. The van der Waals surface area contributed by atoms with Crippen molar-refractivity contribution < 1.29 is 4.74 Å². The van der Waals surface area contributed by atoms with Crippen LogP contribution in [0.3, 0.4) is 0 Å². The van der Waals surface area contributed by atoms with Crippen LogP contribution >= 0.6 is 12.2 Å². The zero-order valence-corrected chi connectivity index (χ0v) is 9.04. The van der Waals surface area contributed by atoms with E-state index in [4.69, 9.17) is 17.0 Å². The van der Waals surface area contributed by atoms with Gasteiger partial charge in [-0.3, -0.25) is 5.10 Å². The predicted octanol–water partition coefficient (Wildman–Crippen LogP) is 2.81. The molecule has 1 aromatic heterocycles. The normalized spacial score (nSPS) is 9.93. The highest BCUT2D eigenvalue weighted by Gasteiger charge is 2.04. The maximum atomic E-state index is 5.25. The van der Waals surface area contributed by atoms with Gasteiger partial charge in [0.2, 0.25) is 0 Å². The van der Waals surface area contributed by atoms with Crippen molar-refractivity contribution in [3.05, 3.63) is 41.0 Å². The van der Waals surface area contributed by atoms with E-state index < -0.39 is 0 Å². The highest BCUT2D eigenvalue weighted by atomic mass is 32.1. The average Bonchev–Trinajstić information content (AvgIpc) is 2.30. The molecule has 0 saturated heterocycles. The maximum Gasteiger partial charge on any atom is 0.128 e. The molecule has 0 aliphatic carbocycles. The fraction of sp³-hybridized carbons (Fsp3) is 0.0909. The van der Waals surface area contributed by atoms with E-state index in [-0.39, 0.29) is 0 Å². The second-order valence-corrected chi connectivity index (χ2v) is 3.45. The Morgan fingerprint density at radius 2 is 2.00 bits per heavy atom. The van der Waals surface area contributed by atoms with Crippen molar-refractivity contribution in [2.75, 3.05) is 7.11 Å². The van der Waals surface area contributed by atoms with Crippen LogP contribution in [0.1, 0.15) is 0 Å². The summed E-state index contributed by atoms with van der Waals surface area (Å²) < 4.78 is 5.87. The lowest BCUT2D eigenvalue weighted by atomic mass is 10.1. The molecular weight excluding hydrogens is 208 g/mol. The zero-order chi connectivity index (χ0) is 10.7. The van der Waals surface area contributed by atoms with E-state index in [1.807, 2.05) is 36.4 Å². The van der Waals surface area contributed by atoms with E-state index in [0.717, 1.165) is 17.0 Å². The lowest BCUT2D eigenvalue weighted by molar-refractivity contribution is 0.416. The smallest absolute Gasteiger partial charge is 0.128 e. The van der Waals surface area contributed by atoms with Crippen molar-refractivity contribution in [3.8, 4) is 17.0 Å². The Balaban J connectivity index is 2.53. The van der Waals surface area contributed by atoms with Crippen LogP contribution in [0.25, 0.3) is 11.3 Å². The van der Waals surface area contributed by atoms with Gasteiger partial charge in [0.1, 0.15) is 10.4 Å². The van der Waals surface area contributed by atoms with Crippen molar-refractivity contribution in [1.29, 1.82) is 0 Å². The van der Waals surface area contributed by atoms with Gasteiger partial charge < -0.3 is 4.74 Å². The highest BCUT2D eigenvalue weighted by Crippen LogP contribution is 2.26. The van der Waals surface area contributed by atoms with Crippen LogP contribution in [0.2, 0.25) is 0 Å². The summed E-state index contributed by atoms with van der Waals surface area (Å²) in [4.78, 5) is 0. The molecule has 0 bridgehead atoms. The summed E-state index contributed by atoms with van der Waals surface area (Å²) in [7, 11) is 1.64. The molecule has 0 unspecified atom stereocenters. The van der Waals surface area contributed by atoms with Crippen LogP contribution in [0.5, 0.6) is 5.75 Å². The Labute approximate surface area is 92.7 Å². The highest BCUT2D eigenvalue weighted by molar-refractivity contribution is 7.71. The molecule has 4 heteroatoms. The van der Waals surface area contributed by atoms with Gasteiger partial charge >= 0.3 is 0 Å². The number of nitrogens with zero attached hydrogens (tertiary/aromatic N) is 1. The fourth-order valence-corrected chi connectivity index (χ4v) is 1.46. The Morgan fingerprint density at radius 1 is 1.20 bits per heavy atom. The van der Waals surface area contributed by atoms with E-state index in [2.05, 4.69) is 10.2 Å². The number of para-hydroxylation sites is 1. The number of ether oxygens (including phenoxy) is 1. The second kappa shape index (κ2) is 4.23. The Morgan fingerprint density at radius 3 is 2.67 bits per heavy atom. The number of rotatable bonds is 2. The molecule has 0 radical (unpaired) electrons. The SMILES string of the molecule is COc1ccccc1-c1ccc(=S)[nH]n1. The van der Waals surface area contributed by atoms with Crippen molar-refractivity contribution in [2.45, 2.75) is 0 Å². The van der Waals surface area contributed by atoms with E-state index in [1.54, 1.807) is 7.11 Å². The molecule has 15 heavy (non-hydrogen) atoms. The summed E-state index contributed by atoms with van der Waals surface area (Å²) in [6.45, 7) is 0. The van der Waals surface area contributed by atoms with Gasteiger partial charge in [-0.25, -0.2) is 0 Å². The van der Waals surface area contributed by atoms with Crippen LogP contribution in [-0.4, -0.2) is 17.3 Å². The lowest BCUT2D eigenvalue weighted by Crippen LogP contribution is -1.91. The molecule has 3 nitrogen and oxygen atoms in total. The Kier molecular flexibility index (Phi) is 2.78. The van der Waals surface area contributed by atoms with Gasteiger partial charge in [-0.05, 0) is 24.3 Å². The number of methoxy groups -OCH3 is 1. The van der Waals surface area contributed by atoms with Crippen LogP contribution in [0.15, 0.2) is 36.4 Å². The van der Waals surface area contributed by atoms with E-state index >= 15 is 0 Å². The molecule has 0 saturated carbocycles. The number of hydrogen-bond acceptors (Lipinski definition) is 3. The van der Waals surface area contributed by atoms with Gasteiger partial charge in [0.05, 0.1) is 12.8 Å². The molecule has 1 aromatic carbocycles. The Bertz CT molecular complexity index is 501. The zero-order valence-electron chi connectivity index (χ0n) is 8.23. The van der Waals surface area contributed by atoms with Crippen LogP contribution < -0.4 is 4.74 Å². The van der Waals surface area contributed by atoms with Crippen LogP contribution in [-0.2, 0) is 0 Å².